The molecule has 0 saturated carbocycles. The molecule has 0 saturated heterocycles. The molecule has 0 fully saturated rings. The van der Waals surface area contributed by atoms with Crippen LogP contribution in [0.25, 0.3) is 99.3 Å². The number of aromatic nitrogens is 3. The molecule has 10 aromatic carbocycles. The Bertz CT molecular complexity index is 4220. The van der Waals surface area contributed by atoms with Crippen molar-refractivity contribution in [1.82, 2.24) is 19.0 Å². The van der Waals surface area contributed by atoms with Crippen LogP contribution in [0.4, 0.5) is 0 Å². The van der Waals surface area contributed by atoms with E-state index in [4.69, 9.17) is 4.99 Å². The van der Waals surface area contributed by atoms with Crippen molar-refractivity contribution in [3.8, 4) is 40.3 Å². The maximum atomic E-state index is 11.1. The lowest BCUT2D eigenvalue weighted by Gasteiger charge is -2.24. The molecule has 4 heterocycles. The summed E-state index contributed by atoms with van der Waals surface area (Å²) in [6, 6.07) is 85.0. The number of para-hydroxylation sites is 4. The third-order valence-electron chi connectivity index (χ3n) is 14.6. The van der Waals surface area contributed by atoms with Gasteiger partial charge in [0.25, 0.3) is 0 Å². The van der Waals surface area contributed by atoms with Crippen LogP contribution in [0.5, 0.6) is 0 Å². The minimum atomic E-state index is -0.0752. The molecule has 1 aliphatic rings. The minimum Gasteiger partial charge on any atom is -0.359 e. The first-order valence-corrected chi connectivity index (χ1v) is 24.4. The molecular weight excluding hydrogens is 891 g/mol. The van der Waals surface area contributed by atoms with Crippen LogP contribution in [0.2, 0.25) is 0 Å². The fourth-order valence-corrected chi connectivity index (χ4v) is 11.2. The average molecular weight is 932 g/mol. The molecule has 1 aliphatic heterocycles. The molecule has 0 amide bonds. The normalized spacial score (nSPS) is 13.6. The van der Waals surface area contributed by atoms with Crippen molar-refractivity contribution in [3.05, 3.63) is 264 Å². The second-order valence-corrected chi connectivity index (χ2v) is 18.6. The zero-order valence-electron chi connectivity index (χ0n) is 39.3. The molecule has 1 N–H and O–H groups in total. The van der Waals surface area contributed by atoms with Crippen LogP contribution in [-0.2, 0) is 0 Å². The maximum absolute atomic E-state index is 11.1. The second kappa shape index (κ2) is 16.7. The summed E-state index contributed by atoms with van der Waals surface area (Å²) >= 11 is 0. The van der Waals surface area contributed by atoms with Crippen molar-refractivity contribution in [2.75, 3.05) is 0 Å². The highest BCUT2D eigenvalue weighted by atomic mass is 15.1. The highest BCUT2D eigenvalue weighted by molar-refractivity contribution is 6.14. The van der Waals surface area contributed by atoms with E-state index >= 15 is 0 Å². The predicted octanol–water partition coefficient (Wildman–Crippen LogP) is 15.5. The molecule has 0 bridgehead atoms. The van der Waals surface area contributed by atoms with Crippen molar-refractivity contribution in [2.24, 2.45) is 4.99 Å². The van der Waals surface area contributed by atoms with Crippen LogP contribution < -0.4 is 5.32 Å². The number of hydrogen-bond acceptors (Lipinski definition) is 4. The van der Waals surface area contributed by atoms with Gasteiger partial charge in [-0.3, -0.25) is 0 Å². The predicted molar refractivity (Wildman–Crippen MR) is 298 cm³/mol. The summed E-state index contributed by atoms with van der Waals surface area (Å²) in [6.07, 6.45) is 2.16. The molecule has 3 aromatic heterocycles. The minimum absolute atomic E-state index is 0.0752. The van der Waals surface area contributed by atoms with Crippen LogP contribution in [0, 0.1) is 22.7 Å². The number of fused-ring (bicyclic) bond motifs is 9. The zero-order chi connectivity index (χ0) is 48.6. The first kappa shape index (κ1) is 41.7. The van der Waals surface area contributed by atoms with Crippen LogP contribution in [0.15, 0.2) is 242 Å². The highest BCUT2D eigenvalue weighted by Crippen LogP contribution is 2.41. The van der Waals surface area contributed by atoms with E-state index in [1.54, 1.807) is 0 Å². The van der Waals surface area contributed by atoms with E-state index in [1.165, 1.54) is 21.5 Å². The summed E-state index contributed by atoms with van der Waals surface area (Å²) in [7, 11) is 0. The fourth-order valence-electron chi connectivity index (χ4n) is 11.2. The number of nitrogens with zero attached hydrogens (tertiary/aromatic N) is 6. The van der Waals surface area contributed by atoms with Gasteiger partial charge in [0.15, 0.2) is 0 Å². The van der Waals surface area contributed by atoms with E-state index in [2.05, 4.69) is 231 Å². The molecule has 0 aliphatic carbocycles. The Morgan fingerprint density at radius 2 is 0.795 bits per heavy atom. The third-order valence-corrected chi connectivity index (χ3v) is 14.6. The summed E-state index contributed by atoms with van der Waals surface area (Å²) in [5.74, 6) is 0.805. The highest BCUT2D eigenvalue weighted by Gasteiger charge is 2.24. The number of nitrogens with one attached hydrogen (secondary N) is 1. The van der Waals surface area contributed by atoms with Crippen LogP contribution >= 0.6 is 0 Å². The second-order valence-electron chi connectivity index (χ2n) is 18.6. The Morgan fingerprint density at radius 3 is 1.27 bits per heavy atom. The SMILES string of the molecule is N#Cc1cc(-c2ccc(C3=CC(c4ccccc4)NC(c4ccccc4)=N3)cc2)cc(C#N)c1-n1c2ccc(-n3c4ccccc4c4ccccc43)cc2c2cc(-n3c4ccccc4c4ccccc43)ccc21. The summed E-state index contributed by atoms with van der Waals surface area (Å²) in [6.45, 7) is 0. The van der Waals surface area contributed by atoms with Crippen LogP contribution in [-0.4, -0.2) is 19.5 Å². The van der Waals surface area contributed by atoms with E-state index in [0.29, 0.717) is 16.8 Å². The molecule has 13 aromatic rings. The monoisotopic (exact) mass is 931 g/mol. The van der Waals surface area contributed by atoms with E-state index in [9.17, 15) is 10.5 Å². The Morgan fingerprint density at radius 1 is 0.370 bits per heavy atom. The number of rotatable bonds is 7. The summed E-state index contributed by atoms with van der Waals surface area (Å²) < 4.78 is 6.79. The summed E-state index contributed by atoms with van der Waals surface area (Å²) in [5.41, 5.74) is 15.3. The molecule has 7 heteroatoms. The van der Waals surface area contributed by atoms with E-state index in [0.717, 1.165) is 94.6 Å². The molecule has 1 unspecified atom stereocenters. The smallest absolute Gasteiger partial charge is 0.134 e. The van der Waals surface area contributed by atoms with Crippen molar-refractivity contribution < 1.29 is 0 Å². The Kier molecular flexibility index (Phi) is 9.57. The largest absolute Gasteiger partial charge is 0.359 e. The van der Waals surface area contributed by atoms with Gasteiger partial charge in [0.1, 0.15) is 18.0 Å². The van der Waals surface area contributed by atoms with Gasteiger partial charge in [-0.2, -0.15) is 10.5 Å². The van der Waals surface area contributed by atoms with Gasteiger partial charge in [0.2, 0.25) is 0 Å². The lowest BCUT2D eigenvalue weighted by Crippen LogP contribution is -2.31. The molecule has 14 rings (SSSR count). The first-order chi connectivity index (χ1) is 36.1. The van der Waals surface area contributed by atoms with E-state index in [-0.39, 0.29) is 6.04 Å². The summed E-state index contributed by atoms with van der Waals surface area (Å²) in [4.78, 5) is 5.11. The van der Waals surface area contributed by atoms with Gasteiger partial charge < -0.3 is 19.0 Å². The fraction of sp³-hybridized carbons (Fsp3) is 0.0152. The molecule has 1 atom stereocenters. The quantitative estimate of drug-likeness (QED) is 0.173. The number of amidine groups is 1. The number of benzene rings is 10. The molecule has 7 nitrogen and oxygen atoms in total. The molecule has 0 spiro atoms. The maximum Gasteiger partial charge on any atom is 0.134 e. The van der Waals surface area contributed by atoms with Gasteiger partial charge in [-0.05, 0) is 101 Å². The number of nitriles is 2. The number of hydrogen-bond donors (Lipinski definition) is 1. The van der Waals surface area contributed by atoms with Crippen molar-refractivity contribution in [3.63, 3.8) is 0 Å². The molecule has 0 radical (unpaired) electrons. The third kappa shape index (κ3) is 6.68. The Balaban J connectivity index is 0.935. The van der Waals surface area contributed by atoms with Crippen molar-refractivity contribution in [2.45, 2.75) is 6.04 Å². The average Bonchev–Trinajstić information content (AvgIpc) is 4.10. The van der Waals surface area contributed by atoms with Crippen LogP contribution in [0.3, 0.4) is 0 Å². The first-order valence-electron chi connectivity index (χ1n) is 24.4. The number of aliphatic imine (C=N–C) groups is 1. The van der Waals surface area contributed by atoms with Gasteiger partial charge in [0, 0.05) is 49.3 Å². The zero-order valence-corrected chi connectivity index (χ0v) is 39.3. The topological polar surface area (TPSA) is 86.8 Å². The van der Waals surface area contributed by atoms with Crippen molar-refractivity contribution in [1.29, 1.82) is 10.5 Å². The van der Waals surface area contributed by atoms with Gasteiger partial charge in [-0.1, -0.05) is 158 Å². The van der Waals surface area contributed by atoms with Gasteiger partial charge in [-0.15, -0.1) is 0 Å². The lowest BCUT2D eigenvalue weighted by atomic mass is 9.96. The summed E-state index contributed by atoms with van der Waals surface area (Å²) in [5, 5.41) is 32.7. The van der Waals surface area contributed by atoms with E-state index < -0.39 is 0 Å². The van der Waals surface area contributed by atoms with Crippen LogP contribution in [0.1, 0.15) is 33.9 Å². The standard InChI is InChI=1S/C66H41N7/c67-40-47-35-46(42-27-29-44(30-28-42)58-39-57(43-15-3-1-4-16-43)69-66(70-58)45-17-5-2-6-18-45)36-48(41-68)65(47)73-63-33-31-49(71-59-23-11-7-19-51(59)52-20-8-12-24-60(52)71)37-55(63)56-38-50(32-34-64(56)73)72-61-25-13-9-21-53(61)54-22-10-14-26-62(54)72/h1-39,57H,(H,69,70). The van der Waals surface area contributed by atoms with E-state index in [1.807, 2.05) is 36.4 Å². The molecule has 73 heavy (non-hydrogen) atoms. The lowest BCUT2D eigenvalue weighted by molar-refractivity contribution is 0.781. The molecule has 340 valence electrons. The van der Waals surface area contributed by atoms with Gasteiger partial charge >= 0.3 is 0 Å². The molecular formula is C66H41N7. The van der Waals surface area contributed by atoms with Gasteiger partial charge in [-0.25, -0.2) is 4.99 Å². The van der Waals surface area contributed by atoms with Crippen molar-refractivity contribution >= 4 is 77.0 Å². The van der Waals surface area contributed by atoms with Gasteiger partial charge in [0.05, 0.1) is 61.7 Å². The Labute approximate surface area is 420 Å². The Hall–Kier alpha value is -10.2.